The third-order valence-corrected chi connectivity index (χ3v) is 5.02. The van der Waals surface area contributed by atoms with Crippen molar-refractivity contribution in [1.29, 1.82) is 0 Å². The summed E-state index contributed by atoms with van der Waals surface area (Å²) in [4.78, 5) is 17.1. The Morgan fingerprint density at radius 3 is 2.63 bits per heavy atom. The highest BCUT2D eigenvalue weighted by atomic mass is 35.5. The lowest BCUT2D eigenvalue weighted by Crippen LogP contribution is -2.49. The van der Waals surface area contributed by atoms with Crippen molar-refractivity contribution in [2.45, 2.75) is 6.92 Å². The monoisotopic (exact) mass is 382 g/mol. The van der Waals surface area contributed by atoms with Crippen molar-refractivity contribution in [2.24, 2.45) is 0 Å². The van der Waals surface area contributed by atoms with Crippen molar-refractivity contribution in [2.75, 3.05) is 31.1 Å². The zero-order valence-electron chi connectivity index (χ0n) is 14.9. The Labute approximate surface area is 162 Å². The number of hydrogen-bond acceptors (Lipinski definition) is 5. The predicted octanol–water partition coefficient (Wildman–Crippen LogP) is 2.59. The maximum absolute atomic E-state index is 12.9. The highest BCUT2D eigenvalue weighted by molar-refractivity contribution is 6.30. The summed E-state index contributed by atoms with van der Waals surface area (Å²) in [7, 11) is 0. The number of aryl methyl sites for hydroxylation is 1. The van der Waals surface area contributed by atoms with Crippen LogP contribution in [0.4, 0.5) is 5.69 Å². The van der Waals surface area contributed by atoms with Gasteiger partial charge in [-0.2, -0.15) is 0 Å². The lowest BCUT2D eigenvalue weighted by atomic mass is 10.1. The quantitative estimate of drug-likeness (QED) is 0.696. The van der Waals surface area contributed by atoms with Crippen LogP contribution < -0.4 is 4.90 Å². The van der Waals surface area contributed by atoms with E-state index in [0.29, 0.717) is 18.7 Å². The fourth-order valence-corrected chi connectivity index (χ4v) is 3.48. The van der Waals surface area contributed by atoms with E-state index in [1.54, 1.807) is 0 Å². The lowest BCUT2D eigenvalue weighted by Gasteiger charge is -2.37. The second kappa shape index (κ2) is 7.36. The van der Waals surface area contributed by atoms with Crippen molar-refractivity contribution in [3.05, 3.63) is 64.9 Å². The van der Waals surface area contributed by atoms with Crippen LogP contribution in [0.5, 0.6) is 0 Å². The summed E-state index contributed by atoms with van der Waals surface area (Å²) in [6.07, 6.45) is 1.51. The predicted molar refractivity (Wildman–Crippen MR) is 103 cm³/mol. The summed E-state index contributed by atoms with van der Waals surface area (Å²) in [5, 5.41) is 11.9. The molecule has 8 heteroatoms. The Hall–Kier alpha value is -2.93. The molecule has 0 aliphatic carbocycles. The number of aromatic nitrogens is 4. The van der Waals surface area contributed by atoms with Gasteiger partial charge in [-0.1, -0.05) is 23.7 Å². The van der Waals surface area contributed by atoms with Gasteiger partial charge < -0.3 is 9.80 Å². The van der Waals surface area contributed by atoms with Gasteiger partial charge in [0.15, 0.2) is 0 Å². The fourth-order valence-electron chi connectivity index (χ4n) is 3.32. The van der Waals surface area contributed by atoms with E-state index in [1.165, 1.54) is 16.6 Å². The number of halogens is 1. The molecule has 27 heavy (non-hydrogen) atoms. The molecule has 2 aromatic carbocycles. The van der Waals surface area contributed by atoms with Gasteiger partial charge in [0.1, 0.15) is 6.33 Å². The molecule has 1 saturated heterocycles. The average molecular weight is 383 g/mol. The minimum Gasteiger partial charge on any atom is -0.368 e. The summed E-state index contributed by atoms with van der Waals surface area (Å²) in [5.41, 5.74) is 3.72. The first kappa shape index (κ1) is 17.5. The van der Waals surface area contributed by atoms with Crippen LogP contribution in [0, 0.1) is 6.92 Å². The van der Waals surface area contributed by atoms with Crippen molar-refractivity contribution >= 4 is 23.2 Å². The van der Waals surface area contributed by atoms with Crippen LogP contribution >= 0.6 is 11.6 Å². The van der Waals surface area contributed by atoms with E-state index in [-0.39, 0.29) is 5.91 Å². The van der Waals surface area contributed by atoms with Gasteiger partial charge >= 0.3 is 0 Å². The largest absolute Gasteiger partial charge is 0.368 e. The first-order valence-electron chi connectivity index (χ1n) is 8.75. The van der Waals surface area contributed by atoms with Gasteiger partial charge in [0, 0.05) is 42.5 Å². The van der Waals surface area contributed by atoms with Crippen LogP contribution in [-0.4, -0.2) is 57.2 Å². The summed E-state index contributed by atoms with van der Waals surface area (Å²) in [5.74, 6) is 0.0207. The number of anilines is 1. The molecule has 1 amide bonds. The van der Waals surface area contributed by atoms with E-state index in [1.807, 2.05) is 47.4 Å². The molecular formula is C19H19ClN6O. The van der Waals surface area contributed by atoms with Gasteiger partial charge in [-0.25, -0.2) is 4.68 Å². The number of piperazine rings is 1. The molecule has 0 unspecified atom stereocenters. The van der Waals surface area contributed by atoms with Gasteiger partial charge in [-0.05, 0) is 53.2 Å². The molecule has 1 aromatic heterocycles. The zero-order chi connectivity index (χ0) is 18.8. The minimum absolute atomic E-state index is 0.0207. The van der Waals surface area contributed by atoms with Crippen molar-refractivity contribution in [3.8, 4) is 5.69 Å². The first-order valence-corrected chi connectivity index (χ1v) is 9.13. The summed E-state index contributed by atoms with van der Waals surface area (Å²) in [6, 6.07) is 13.3. The summed E-state index contributed by atoms with van der Waals surface area (Å²) >= 11 is 6.15. The molecule has 3 aromatic rings. The van der Waals surface area contributed by atoms with Crippen LogP contribution in [-0.2, 0) is 0 Å². The molecule has 1 fully saturated rings. The van der Waals surface area contributed by atoms with E-state index < -0.39 is 0 Å². The Morgan fingerprint density at radius 2 is 1.89 bits per heavy atom. The molecule has 0 bridgehead atoms. The summed E-state index contributed by atoms with van der Waals surface area (Å²) in [6.45, 7) is 4.96. The molecule has 0 atom stereocenters. The molecule has 1 aliphatic rings. The molecule has 0 spiro atoms. The molecule has 1 aliphatic heterocycles. The van der Waals surface area contributed by atoms with E-state index >= 15 is 0 Å². The molecule has 7 nitrogen and oxygen atoms in total. The number of hydrogen-bond donors (Lipinski definition) is 0. The normalized spacial score (nSPS) is 14.4. The van der Waals surface area contributed by atoms with E-state index in [4.69, 9.17) is 11.6 Å². The number of rotatable bonds is 3. The lowest BCUT2D eigenvalue weighted by molar-refractivity contribution is 0.0746. The highest BCUT2D eigenvalue weighted by Gasteiger charge is 2.23. The fraction of sp³-hybridized carbons (Fsp3) is 0.263. The molecule has 0 radical (unpaired) electrons. The maximum atomic E-state index is 12.9. The van der Waals surface area contributed by atoms with Crippen LogP contribution in [0.15, 0.2) is 48.8 Å². The number of nitrogens with zero attached hydrogens (tertiary/aromatic N) is 6. The average Bonchev–Trinajstić information content (AvgIpc) is 3.24. The molecular weight excluding hydrogens is 364 g/mol. The van der Waals surface area contributed by atoms with Crippen LogP contribution in [0.1, 0.15) is 15.9 Å². The standard InChI is InChI=1S/C19H19ClN6O/c1-14-5-6-16(20)12-18(14)24-7-9-25(10-8-24)19(27)15-3-2-4-17(11-15)26-13-21-22-23-26/h2-6,11-13H,7-10H2,1H3. The number of carbonyl (C=O) groups is 1. The number of tetrazole rings is 1. The maximum Gasteiger partial charge on any atom is 0.254 e. The van der Waals surface area contributed by atoms with Gasteiger partial charge in [0.05, 0.1) is 5.69 Å². The van der Waals surface area contributed by atoms with Crippen molar-refractivity contribution < 1.29 is 4.79 Å². The zero-order valence-corrected chi connectivity index (χ0v) is 15.7. The van der Waals surface area contributed by atoms with Gasteiger partial charge in [-0.3, -0.25) is 4.79 Å². The minimum atomic E-state index is 0.0207. The van der Waals surface area contributed by atoms with Crippen LogP contribution in [0.2, 0.25) is 5.02 Å². The second-order valence-corrected chi connectivity index (χ2v) is 6.95. The van der Waals surface area contributed by atoms with Crippen LogP contribution in [0.25, 0.3) is 5.69 Å². The molecule has 138 valence electrons. The third kappa shape index (κ3) is 3.64. The third-order valence-electron chi connectivity index (χ3n) is 4.79. The Morgan fingerprint density at radius 1 is 1.07 bits per heavy atom. The highest BCUT2D eigenvalue weighted by Crippen LogP contribution is 2.25. The van der Waals surface area contributed by atoms with Gasteiger partial charge in [-0.15, -0.1) is 5.10 Å². The second-order valence-electron chi connectivity index (χ2n) is 6.51. The Kier molecular flexibility index (Phi) is 4.77. The van der Waals surface area contributed by atoms with E-state index in [2.05, 4.69) is 27.3 Å². The molecule has 2 heterocycles. The number of amides is 1. The van der Waals surface area contributed by atoms with Crippen LogP contribution in [0.3, 0.4) is 0 Å². The number of benzene rings is 2. The first-order chi connectivity index (χ1) is 13.1. The molecule has 4 rings (SSSR count). The molecule has 0 N–H and O–H groups in total. The Bertz CT molecular complexity index is 951. The molecule has 0 saturated carbocycles. The smallest absolute Gasteiger partial charge is 0.254 e. The number of carbonyl (C=O) groups excluding carboxylic acids is 1. The van der Waals surface area contributed by atoms with Gasteiger partial charge in [0.2, 0.25) is 0 Å². The van der Waals surface area contributed by atoms with E-state index in [9.17, 15) is 4.79 Å². The van der Waals surface area contributed by atoms with Crippen molar-refractivity contribution in [1.82, 2.24) is 25.1 Å². The van der Waals surface area contributed by atoms with Gasteiger partial charge in [0.25, 0.3) is 5.91 Å². The van der Waals surface area contributed by atoms with Crippen molar-refractivity contribution in [3.63, 3.8) is 0 Å². The summed E-state index contributed by atoms with van der Waals surface area (Å²) < 4.78 is 1.54. The Balaban J connectivity index is 1.46. The van der Waals surface area contributed by atoms with E-state index in [0.717, 1.165) is 29.5 Å². The SMILES string of the molecule is Cc1ccc(Cl)cc1N1CCN(C(=O)c2cccc(-n3cnnn3)c2)CC1. The topological polar surface area (TPSA) is 67.2 Å².